The van der Waals surface area contributed by atoms with Gasteiger partial charge in [-0.25, -0.2) is 4.79 Å². The molecule has 0 heterocycles. The molecule has 0 aromatic heterocycles. The van der Waals surface area contributed by atoms with Crippen molar-refractivity contribution in [1.82, 2.24) is 0 Å². The van der Waals surface area contributed by atoms with Crippen molar-refractivity contribution in [3.63, 3.8) is 0 Å². The lowest BCUT2D eigenvalue weighted by atomic mass is 10.0. The number of unbranched alkanes of at least 4 members (excludes halogenated alkanes) is 1. The Morgan fingerprint density at radius 3 is 2.33 bits per heavy atom. The summed E-state index contributed by atoms with van der Waals surface area (Å²) < 4.78 is 4.95. The number of nitrogens with zero attached hydrogens (tertiary/aromatic N) is 1. The number of nitro benzene ring substituents is 1. The normalized spacial score (nSPS) is 10.7. The lowest BCUT2D eigenvalue weighted by Crippen LogP contribution is -2.12. The number of ketones is 1. The van der Waals surface area contributed by atoms with Gasteiger partial charge in [0.2, 0.25) is 0 Å². The molecule has 0 unspecified atom stereocenters. The summed E-state index contributed by atoms with van der Waals surface area (Å²) in [7, 11) is 0. The third-order valence-corrected chi connectivity index (χ3v) is 3.96. The number of aryl methyl sites for hydroxylation is 1. The van der Waals surface area contributed by atoms with Crippen LogP contribution in [0.3, 0.4) is 0 Å². The van der Waals surface area contributed by atoms with E-state index in [1.807, 2.05) is 12.1 Å². The molecule has 2 rings (SSSR count). The molecule has 0 saturated heterocycles. The molecule has 0 fully saturated rings. The van der Waals surface area contributed by atoms with Gasteiger partial charge in [0.1, 0.15) is 0 Å². The quantitative estimate of drug-likeness (QED) is 0.216. The van der Waals surface area contributed by atoms with E-state index in [2.05, 4.69) is 6.92 Å². The molecular formula is C21H21NO5. The minimum atomic E-state index is -0.652. The van der Waals surface area contributed by atoms with Crippen LogP contribution in [-0.4, -0.2) is 23.3 Å². The van der Waals surface area contributed by atoms with Gasteiger partial charge in [-0.3, -0.25) is 14.9 Å². The average molecular weight is 367 g/mol. The molecule has 0 aliphatic heterocycles. The third-order valence-electron chi connectivity index (χ3n) is 3.96. The molecule has 0 saturated carbocycles. The molecule has 0 bridgehead atoms. The van der Waals surface area contributed by atoms with Gasteiger partial charge in [0.05, 0.1) is 4.92 Å². The summed E-state index contributed by atoms with van der Waals surface area (Å²) in [4.78, 5) is 33.9. The second-order valence-corrected chi connectivity index (χ2v) is 6.01. The van der Waals surface area contributed by atoms with E-state index in [1.165, 1.54) is 42.0 Å². The molecule has 140 valence electrons. The van der Waals surface area contributed by atoms with Crippen LogP contribution in [0.2, 0.25) is 0 Å². The molecule has 6 nitrogen and oxygen atoms in total. The van der Waals surface area contributed by atoms with Crippen LogP contribution in [0, 0.1) is 10.1 Å². The summed E-state index contributed by atoms with van der Waals surface area (Å²) >= 11 is 0. The van der Waals surface area contributed by atoms with Gasteiger partial charge in [0.15, 0.2) is 12.4 Å². The van der Waals surface area contributed by atoms with Gasteiger partial charge in [0, 0.05) is 23.8 Å². The summed E-state index contributed by atoms with van der Waals surface area (Å²) in [6.07, 6.45) is 5.85. The maximum Gasteiger partial charge on any atom is 0.331 e. The molecule has 0 spiro atoms. The smallest absolute Gasteiger partial charge is 0.331 e. The first-order chi connectivity index (χ1) is 13.0. The number of non-ortho nitro benzene ring substituents is 1. The van der Waals surface area contributed by atoms with Gasteiger partial charge in [-0.2, -0.15) is 0 Å². The number of Topliss-reactive ketones (excluding diaryl/α,β-unsaturated/α-hetero) is 1. The van der Waals surface area contributed by atoms with Gasteiger partial charge in [0.25, 0.3) is 5.69 Å². The third kappa shape index (κ3) is 6.51. The highest BCUT2D eigenvalue weighted by Gasteiger charge is 2.09. The lowest BCUT2D eigenvalue weighted by Gasteiger charge is -2.04. The van der Waals surface area contributed by atoms with Crippen LogP contribution in [0.4, 0.5) is 5.69 Å². The van der Waals surface area contributed by atoms with Gasteiger partial charge >= 0.3 is 5.97 Å². The maximum absolute atomic E-state index is 12.1. The zero-order chi connectivity index (χ0) is 19.6. The number of hydrogen-bond donors (Lipinski definition) is 0. The first kappa shape index (κ1) is 20.0. The zero-order valence-electron chi connectivity index (χ0n) is 15.1. The van der Waals surface area contributed by atoms with Crippen molar-refractivity contribution in [2.45, 2.75) is 26.2 Å². The van der Waals surface area contributed by atoms with Crippen LogP contribution in [-0.2, 0) is 16.0 Å². The number of carbonyl (C=O) groups is 2. The van der Waals surface area contributed by atoms with Crippen LogP contribution in [0.15, 0.2) is 54.6 Å². The second kappa shape index (κ2) is 10.0. The number of esters is 1. The summed E-state index contributed by atoms with van der Waals surface area (Å²) in [5, 5.41) is 10.6. The Morgan fingerprint density at radius 1 is 1.07 bits per heavy atom. The number of nitro groups is 1. The van der Waals surface area contributed by atoms with Crippen molar-refractivity contribution >= 4 is 23.5 Å². The number of rotatable bonds is 9. The van der Waals surface area contributed by atoms with Crippen LogP contribution < -0.4 is 0 Å². The van der Waals surface area contributed by atoms with Crippen LogP contribution in [0.25, 0.3) is 6.08 Å². The lowest BCUT2D eigenvalue weighted by molar-refractivity contribution is -0.384. The molecule has 27 heavy (non-hydrogen) atoms. The fourth-order valence-electron chi connectivity index (χ4n) is 2.38. The first-order valence-electron chi connectivity index (χ1n) is 8.71. The average Bonchev–Trinajstić information content (AvgIpc) is 2.69. The molecule has 2 aromatic carbocycles. The minimum absolute atomic E-state index is 0.0268. The van der Waals surface area contributed by atoms with E-state index in [-0.39, 0.29) is 18.1 Å². The highest BCUT2D eigenvalue weighted by Crippen LogP contribution is 2.13. The molecule has 0 atom stereocenters. The Kier molecular flexibility index (Phi) is 7.43. The molecule has 6 heteroatoms. The molecular weight excluding hydrogens is 346 g/mol. The Balaban J connectivity index is 1.83. The first-order valence-corrected chi connectivity index (χ1v) is 8.71. The van der Waals surface area contributed by atoms with Crippen LogP contribution >= 0.6 is 0 Å². The van der Waals surface area contributed by atoms with Gasteiger partial charge < -0.3 is 4.74 Å². The fraction of sp³-hybridized carbons (Fsp3) is 0.238. The van der Waals surface area contributed by atoms with E-state index in [1.54, 1.807) is 12.1 Å². The Morgan fingerprint density at radius 2 is 1.74 bits per heavy atom. The standard InChI is InChI=1S/C21H21NO5/c1-2-3-4-16-5-10-18(11-6-16)20(23)15-27-21(24)14-9-17-7-12-19(13-8-17)22(25)26/h5-14H,2-4,15H2,1H3/b14-9+. The number of ether oxygens (including phenoxy) is 1. The monoisotopic (exact) mass is 367 g/mol. The van der Waals surface area contributed by atoms with E-state index in [4.69, 9.17) is 4.74 Å². The number of carbonyl (C=O) groups excluding carboxylic acids is 2. The molecule has 2 aromatic rings. The predicted molar refractivity (Wildman–Crippen MR) is 102 cm³/mol. The van der Waals surface area contributed by atoms with Crippen molar-refractivity contribution in [2.75, 3.05) is 6.61 Å². The zero-order valence-corrected chi connectivity index (χ0v) is 15.1. The predicted octanol–water partition coefficient (Wildman–Crippen LogP) is 4.38. The summed E-state index contributed by atoms with van der Waals surface area (Å²) in [5.74, 6) is -0.921. The van der Waals surface area contributed by atoms with Crippen molar-refractivity contribution in [3.8, 4) is 0 Å². The van der Waals surface area contributed by atoms with E-state index >= 15 is 0 Å². The molecule has 0 amide bonds. The van der Waals surface area contributed by atoms with Crippen molar-refractivity contribution in [1.29, 1.82) is 0 Å². The Hall–Kier alpha value is -3.28. The van der Waals surface area contributed by atoms with E-state index in [9.17, 15) is 19.7 Å². The van der Waals surface area contributed by atoms with Gasteiger partial charge in [-0.05, 0) is 42.2 Å². The van der Waals surface area contributed by atoms with Crippen molar-refractivity contribution < 1.29 is 19.2 Å². The molecule has 0 aliphatic rings. The van der Waals surface area contributed by atoms with Crippen molar-refractivity contribution in [3.05, 3.63) is 81.4 Å². The fourth-order valence-corrected chi connectivity index (χ4v) is 2.38. The van der Waals surface area contributed by atoms with Crippen LogP contribution in [0.5, 0.6) is 0 Å². The molecule has 0 N–H and O–H groups in total. The summed E-state index contributed by atoms with van der Waals surface area (Å²) in [6, 6.07) is 13.1. The van der Waals surface area contributed by atoms with Crippen LogP contribution in [0.1, 0.15) is 41.3 Å². The van der Waals surface area contributed by atoms with E-state index in [0.717, 1.165) is 19.3 Å². The minimum Gasteiger partial charge on any atom is -0.454 e. The number of hydrogen-bond acceptors (Lipinski definition) is 5. The van der Waals surface area contributed by atoms with E-state index in [0.29, 0.717) is 11.1 Å². The molecule has 0 aliphatic carbocycles. The maximum atomic E-state index is 12.1. The largest absolute Gasteiger partial charge is 0.454 e. The number of benzene rings is 2. The molecule has 0 radical (unpaired) electrons. The summed E-state index contributed by atoms with van der Waals surface area (Å²) in [5.41, 5.74) is 2.27. The van der Waals surface area contributed by atoms with Gasteiger partial charge in [-0.1, -0.05) is 37.6 Å². The van der Waals surface area contributed by atoms with E-state index < -0.39 is 10.9 Å². The Bertz CT molecular complexity index is 823. The van der Waals surface area contributed by atoms with Gasteiger partial charge in [-0.15, -0.1) is 0 Å². The second-order valence-electron chi connectivity index (χ2n) is 6.01. The highest BCUT2D eigenvalue weighted by atomic mass is 16.6. The van der Waals surface area contributed by atoms with Crippen molar-refractivity contribution in [2.24, 2.45) is 0 Å². The highest BCUT2D eigenvalue weighted by molar-refractivity contribution is 5.98. The Labute approximate surface area is 157 Å². The topological polar surface area (TPSA) is 86.5 Å². The summed E-state index contributed by atoms with van der Waals surface area (Å²) in [6.45, 7) is 1.79. The SMILES string of the molecule is CCCCc1ccc(C(=O)COC(=O)/C=C/c2ccc([N+](=O)[O-])cc2)cc1.